The third kappa shape index (κ3) is 5.34. The number of nitrogens with zero attached hydrogens (tertiary/aromatic N) is 5. The van der Waals surface area contributed by atoms with E-state index in [4.69, 9.17) is 19.0 Å². The fourth-order valence-electron chi connectivity index (χ4n) is 4.05. The van der Waals surface area contributed by atoms with Crippen LogP contribution in [0, 0.1) is 6.92 Å². The Hall–Kier alpha value is -4.57. The average molecular weight is 499 g/mol. The van der Waals surface area contributed by atoms with Gasteiger partial charge in [-0.2, -0.15) is 0 Å². The number of amides is 1. The van der Waals surface area contributed by atoms with Crippen LogP contribution >= 0.6 is 0 Å². The van der Waals surface area contributed by atoms with E-state index < -0.39 is 5.54 Å². The Morgan fingerprint density at radius 2 is 1.81 bits per heavy atom. The molecule has 0 aliphatic heterocycles. The van der Waals surface area contributed by atoms with Crippen molar-refractivity contribution in [2.24, 2.45) is 5.73 Å². The van der Waals surface area contributed by atoms with Crippen LogP contribution in [0.4, 0.5) is 0 Å². The zero-order chi connectivity index (χ0) is 26.0. The number of oxazole rings is 2. The Morgan fingerprint density at radius 1 is 1.05 bits per heavy atom. The summed E-state index contributed by atoms with van der Waals surface area (Å²) in [5, 5.41) is 8.46. The molecule has 1 unspecified atom stereocenters. The molecule has 0 saturated heterocycles. The molecule has 3 aromatic heterocycles. The van der Waals surface area contributed by atoms with Gasteiger partial charge in [0.2, 0.25) is 17.7 Å². The van der Waals surface area contributed by atoms with Crippen LogP contribution in [0.2, 0.25) is 0 Å². The summed E-state index contributed by atoms with van der Waals surface area (Å²) >= 11 is 0. The van der Waals surface area contributed by atoms with Crippen molar-refractivity contribution in [2.45, 2.75) is 32.4 Å². The minimum Gasteiger partial charge on any atom is -0.449 e. The van der Waals surface area contributed by atoms with Gasteiger partial charge in [-0.15, -0.1) is 10.2 Å². The molecule has 0 bridgehead atoms. The largest absolute Gasteiger partial charge is 0.449 e. The molecule has 0 aliphatic carbocycles. The molecule has 2 N–H and O–H groups in total. The van der Waals surface area contributed by atoms with Crippen molar-refractivity contribution in [3.05, 3.63) is 95.9 Å². The normalized spacial score (nSPS) is 12.9. The molecule has 188 valence electrons. The zero-order valence-corrected chi connectivity index (χ0v) is 20.7. The lowest BCUT2D eigenvalue weighted by Crippen LogP contribution is -2.35. The molecular weight excluding hydrogens is 472 g/mol. The van der Waals surface area contributed by atoms with Gasteiger partial charge < -0.3 is 23.9 Å². The molecule has 37 heavy (non-hydrogen) atoms. The Bertz CT molecular complexity index is 1500. The number of rotatable bonds is 8. The maximum absolute atomic E-state index is 13.4. The summed E-state index contributed by atoms with van der Waals surface area (Å²) in [4.78, 5) is 23.4. The van der Waals surface area contributed by atoms with Crippen molar-refractivity contribution in [2.75, 3.05) is 7.05 Å². The quantitative estimate of drug-likeness (QED) is 0.330. The molecule has 1 amide bonds. The number of hydrogen-bond donors (Lipinski definition) is 1. The molecule has 0 radical (unpaired) electrons. The lowest BCUT2D eigenvalue weighted by atomic mass is 9.94. The smallest absolute Gasteiger partial charge is 0.253 e. The molecule has 0 saturated carbocycles. The summed E-state index contributed by atoms with van der Waals surface area (Å²) in [6.45, 7) is 3.88. The van der Waals surface area contributed by atoms with Gasteiger partial charge in [0.1, 0.15) is 12.5 Å². The summed E-state index contributed by atoms with van der Waals surface area (Å²) in [5.41, 5.74) is 8.91. The molecule has 5 aromatic rings. The second-order valence-electron chi connectivity index (χ2n) is 9.15. The molecule has 10 nitrogen and oxygen atoms in total. The van der Waals surface area contributed by atoms with Gasteiger partial charge in [-0.25, -0.2) is 9.97 Å². The van der Waals surface area contributed by atoms with E-state index in [0.717, 1.165) is 5.56 Å². The predicted octanol–water partition coefficient (Wildman–Crippen LogP) is 4.38. The van der Waals surface area contributed by atoms with Crippen molar-refractivity contribution in [1.29, 1.82) is 0 Å². The number of benzene rings is 2. The van der Waals surface area contributed by atoms with Crippen LogP contribution in [-0.2, 0) is 18.5 Å². The first-order valence-electron chi connectivity index (χ1n) is 11.7. The number of aromatic nitrogens is 4. The molecule has 10 heteroatoms. The van der Waals surface area contributed by atoms with Gasteiger partial charge in [-0.3, -0.25) is 4.79 Å². The average Bonchev–Trinajstić information content (AvgIpc) is 3.66. The molecule has 3 heterocycles. The maximum atomic E-state index is 13.4. The third-order valence-corrected chi connectivity index (χ3v) is 5.85. The molecular formula is C27H26N6O4. The molecule has 0 aliphatic rings. The van der Waals surface area contributed by atoms with Gasteiger partial charge in [0, 0.05) is 30.7 Å². The van der Waals surface area contributed by atoms with Crippen molar-refractivity contribution in [3.8, 4) is 22.9 Å². The highest BCUT2D eigenvalue weighted by molar-refractivity contribution is 5.96. The highest BCUT2D eigenvalue weighted by atomic mass is 16.4. The van der Waals surface area contributed by atoms with E-state index >= 15 is 0 Å². The first-order chi connectivity index (χ1) is 17.8. The lowest BCUT2D eigenvalue weighted by molar-refractivity contribution is 0.0783. The van der Waals surface area contributed by atoms with Crippen LogP contribution in [0.1, 0.15) is 40.3 Å². The highest BCUT2D eigenvalue weighted by Gasteiger charge is 2.29. The standard InChI is InChI=1S/C27H26N6O4/c1-17-30-22(16-36-17)15-33(3)25(34)21-12-19(23-29-9-10-35-23)11-20(13-21)24-31-32-26(37-24)27(2,28)14-18-7-5-4-6-8-18/h4-13,16H,14-15,28H2,1-3H3. The first-order valence-corrected chi connectivity index (χ1v) is 11.7. The van der Waals surface area contributed by atoms with Crippen LogP contribution in [0.5, 0.6) is 0 Å². The fourth-order valence-corrected chi connectivity index (χ4v) is 4.05. The first kappa shape index (κ1) is 24.1. The summed E-state index contributed by atoms with van der Waals surface area (Å²) < 4.78 is 16.8. The van der Waals surface area contributed by atoms with Crippen LogP contribution < -0.4 is 5.73 Å². The Kier molecular flexibility index (Phi) is 6.41. The molecule has 0 fully saturated rings. The van der Waals surface area contributed by atoms with Gasteiger partial charge in [-0.05, 0) is 37.1 Å². The minimum absolute atomic E-state index is 0.233. The van der Waals surface area contributed by atoms with Crippen LogP contribution in [0.3, 0.4) is 0 Å². The lowest BCUT2D eigenvalue weighted by Gasteiger charge is -2.20. The van der Waals surface area contributed by atoms with E-state index in [1.165, 1.54) is 18.7 Å². The number of carbonyl (C=O) groups is 1. The highest BCUT2D eigenvalue weighted by Crippen LogP contribution is 2.30. The van der Waals surface area contributed by atoms with Gasteiger partial charge in [0.25, 0.3) is 5.91 Å². The maximum Gasteiger partial charge on any atom is 0.253 e. The Morgan fingerprint density at radius 3 is 2.49 bits per heavy atom. The van der Waals surface area contributed by atoms with Crippen molar-refractivity contribution in [3.63, 3.8) is 0 Å². The second-order valence-corrected chi connectivity index (χ2v) is 9.15. The van der Waals surface area contributed by atoms with Crippen LogP contribution in [0.25, 0.3) is 22.9 Å². The Balaban J connectivity index is 1.47. The van der Waals surface area contributed by atoms with Crippen molar-refractivity contribution < 1.29 is 18.0 Å². The summed E-state index contributed by atoms with van der Waals surface area (Å²) in [6.07, 6.45) is 5.06. The van der Waals surface area contributed by atoms with E-state index in [-0.39, 0.29) is 18.3 Å². The third-order valence-electron chi connectivity index (χ3n) is 5.85. The van der Waals surface area contributed by atoms with E-state index in [2.05, 4.69) is 20.2 Å². The Labute approximate surface area is 213 Å². The predicted molar refractivity (Wildman–Crippen MR) is 134 cm³/mol. The van der Waals surface area contributed by atoms with Gasteiger partial charge in [0.05, 0.1) is 24.0 Å². The molecule has 2 aromatic carbocycles. The number of hydrogen-bond acceptors (Lipinski definition) is 9. The number of aryl methyl sites for hydroxylation is 1. The SMILES string of the molecule is Cc1nc(CN(C)C(=O)c2cc(-c3ncco3)cc(-c3nnc(C(C)(N)Cc4ccccc4)o3)c2)co1. The molecule has 1 atom stereocenters. The van der Waals surface area contributed by atoms with E-state index in [1.807, 2.05) is 37.3 Å². The second kappa shape index (κ2) is 9.82. The molecule has 5 rings (SSSR count). The van der Waals surface area contributed by atoms with Crippen molar-refractivity contribution in [1.82, 2.24) is 25.1 Å². The summed E-state index contributed by atoms with van der Waals surface area (Å²) in [5.74, 6) is 1.19. The van der Waals surface area contributed by atoms with Gasteiger partial charge in [0.15, 0.2) is 5.89 Å². The number of nitrogens with two attached hydrogens (primary N) is 1. The topological polar surface area (TPSA) is 137 Å². The van der Waals surface area contributed by atoms with E-state index in [0.29, 0.717) is 46.5 Å². The molecule has 0 spiro atoms. The van der Waals surface area contributed by atoms with Crippen molar-refractivity contribution >= 4 is 5.91 Å². The monoisotopic (exact) mass is 498 g/mol. The number of carbonyl (C=O) groups excluding carboxylic acids is 1. The fraction of sp³-hybridized carbons (Fsp3) is 0.222. The van der Waals surface area contributed by atoms with Gasteiger partial charge >= 0.3 is 0 Å². The minimum atomic E-state index is -0.888. The summed E-state index contributed by atoms with van der Waals surface area (Å²) in [7, 11) is 1.69. The van der Waals surface area contributed by atoms with E-state index in [9.17, 15) is 4.79 Å². The van der Waals surface area contributed by atoms with Gasteiger partial charge in [-0.1, -0.05) is 30.3 Å². The zero-order valence-electron chi connectivity index (χ0n) is 20.7. The van der Waals surface area contributed by atoms with Crippen LogP contribution in [0.15, 0.2) is 80.5 Å². The summed E-state index contributed by atoms with van der Waals surface area (Å²) in [6, 6.07) is 15.0. The van der Waals surface area contributed by atoms with Crippen LogP contribution in [-0.4, -0.2) is 38.0 Å². The van der Waals surface area contributed by atoms with E-state index in [1.54, 1.807) is 37.1 Å².